The van der Waals surface area contributed by atoms with Gasteiger partial charge >= 0.3 is 0 Å². The number of aromatic nitrogens is 2. The third-order valence-electron chi connectivity index (χ3n) is 7.36. The molecule has 1 atom stereocenters. The molecule has 6 rings (SSSR count). The van der Waals surface area contributed by atoms with E-state index in [0.29, 0.717) is 25.4 Å². The van der Waals surface area contributed by atoms with Crippen LogP contribution in [0.25, 0.3) is 0 Å². The molecule has 4 aliphatic carbocycles. The molecule has 6 nitrogen and oxygen atoms in total. The summed E-state index contributed by atoms with van der Waals surface area (Å²) in [6.45, 7) is 1.23. The predicted molar refractivity (Wildman–Crippen MR) is 96.0 cm³/mol. The molecule has 0 saturated heterocycles. The van der Waals surface area contributed by atoms with Crippen molar-refractivity contribution in [3.05, 3.63) is 18.0 Å². The lowest BCUT2D eigenvalue weighted by molar-refractivity contribution is -0.160. The molecule has 0 unspecified atom stereocenters. The summed E-state index contributed by atoms with van der Waals surface area (Å²) >= 11 is 0. The van der Waals surface area contributed by atoms with Crippen LogP contribution in [0.15, 0.2) is 12.3 Å². The van der Waals surface area contributed by atoms with Crippen molar-refractivity contribution < 1.29 is 9.59 Å². The van der Waals surface area contributed by atoms with Crippen LogP contribution in [0.3, 0.4) is 0 Å². The van der Waals surface area contributed by atoms with Crippen molar-refractivity contribution >= 4 is 11.8 Å². The van der Waals surface area contributed by atoms with Crippen LogP contribution >= 0.6 is 0 Å². The van der Waals surface area contributed by atoms with E-state index in [1.165, 1.54) is 19.3 Å². The number of hydrogen-bond donors (Lipinski definition) is 1. The molecule has 1 aromatic rings. The molecule has 1 N–H and O–H groups in total. The third-order valence-corrected chi connectivity index (χ3v) is 7.36. The number of nitrogens with zero attached hydrogens (tertiary/aromatic N) is 3. The fraction of sp³-hybridized carbons (Fsp3) is 0.750. The molecule has 2 heterocycles. The molecule has 6 heteroatoms. The first-order chi connectivity index (χ1) is 12.6. The number of amides is 2. The molecule has 0 aromatic carbocycles. The van der Waals surface area contributed by atoms with Gasteiger partial charge in [-0.15, -0.1) is 0 Å². The second kappa shape index (κ2) is 5.83. The molecule has 1 aromatic heterocycles. The Balaban J connectivity index is 1.40. The standard InChI is InChI=1S/C20H28N4O2/c1-21-18(25)7-17-12-23(11-16-2-3-22-24(16)17)19(26)20-8-13-4-14(9-20)6-15(5-13)10-20/h2-3,13-15,17H,4-12H2,1H3,(H,21,25)/t13?,14?,15?,17-,20?/m1/s1. The van der Waals surface area contributed by atoms with Crippen molar-refractivity contribution in [1.29, 1.82) is 0 Å². The Morgan fingerprint density at radius 2 is 1.85 bits per heavy atom. The zero-order valence-corrected chi connectivity index (χ0v) is 15.5. The van der Waals surface area contributed by atoms with Crippen LogP contribution < -0.4 is 5.32 Å². The van der Waals surface area contributed by atoms with Gasteiger partial charge in [0, 0.05) is 19.8 Å². The first-order valence-electron chi connectivity index (χ1n) is 10.1. The van der Waals surface area contributed by atoms with Gasteiger partial charge in [0.05, 0.1) is 30.1 Å². The van der Waals surface area contributed by atoms with Crippen molar-refractivity contribution in [3.8, 4) is 0 Å². The van der Waals surface area contributed by atoms with Crippen molar-refractivity contribution in [2.75, 3.05) is 13.6 Å². The van der Waals surface area contributed by atoms with E-state index in [9.17, 15) is 9.59 Å². The maximum Gasteiger partial charge on any atom is 0.229 e. The smallest absolute Gasteiger partial charge is 0.229 e. The topological polar surface area (TPSA) is 67.2 Å². The fourth-order valence-electron chi connectivity index (χ4n) is 6.72. The zero-order chi connectivity index (χ0) is 17.9. The maximum absolute atomic E-state index is 13.7. The highest BCUT2D eigenvalue weighted by molar-refractivity contribution is 5.83. The Labute approximate surface area is 154 Å². The van der Waals surface area contributed by atoms with E-state index in [4.69, 9.17) is 0 Å². The van der Waals surface area contributed by atoms with E-state index < -0.39 is 0 Å². The predicted octanol–water partition coefficient (Wildman–Crippen LogP) is 2.12. The lowest BCUT2D eigenvalue weighted by atomic mass is 9.49. The molecule has 0 spiro atoms. The van der Waals surface area contributed by atoms with Gasteiger partial charge in [0.1, 0.15) is 0 Å². The van der Waals surface area contributed by atoms with Crippen LogP contribution in [0, 0.1) is 23.2 Å². The van der Waals surface area contributed by atoms with E-state index in [2.05, 4.69) is 10.4 Å². The quantitative estimate of drug-likeness (QED) is 0.902. The molecule has 4 fully saturated rings. The summed E-state index contributed by atoms with van der Waals surface area (Å²) in [5.74, 6) is 2.65. The minimum Gasteiger partial charge on any atom is -0.359 e. The maximum atomic E-state index is 13.7. The largest absolute Gasteiger partial charge is 0.359 e. The van der Waals surface area contributed by atoms with Gasteiger partial charge in [-0.05, 0) is 62.3 Å². The second-order valence-corrected chi connectivity index (χ2v) is 9.18. The van der Waals surface area contributed by atoms with Gasteiger partial charge in [-0.1, -0.05) is 0 Å². The summed E-state index contributed by atoms with van der Waals surface area (Å²) < 4.78 is 1.94. The van der Waals surface area contributed by atoms with Crippen LogP contribution in [0.2, 0.25) is 0 Å². The summed E-state index contributed by atoms with van der Waals surface area (Å²) in [5.41, 5.74) is 0.928. The van der Waals surface area contributed by atoms with Gasteiger partial charge in [-0.3, -0.25) is 14.3 Å². The number of rotatable bonds is 3. The molecule has 4 bridgehead atoms. The highest BCUT2D eigenvalue weighted by Crippen LogP contribution is 2.60. The van der Waals surface area contributed by atoms with E-state index in [1.54, 1.807) is 13.2 Å². The highest BCUT2D eigenvalue weighted by atomic mass is 16.2. The Kier molecular flexibility index (Phi) is 3.66. The van der Waals surface area contributed by atoms with Crippen LogP contribution in [0.4, 0.5) is 0 Å². The van der Waals surface area contributed by atoms with Gasteiger partial charge in [-0.2, -0.15) is 5.10 Å². The fourth-order valence-corrected chi connectivity index (χ4v) is 6.72. The van der Waals surface area contributed by atoms with Crippen LogP contribution in [-0.2, 0) is 16.1 Å². The molecule has 2 amide bonds. The van der Waals surface area contributed by atoms with Crippen molar-refractivity contribution in [3.63, 3.8) is 0 Å². The summed E-state index contributed by atoms with van der Waals surface area (Å²) in [6.07, 6.45) is 9.46. The molecular weight excluding hydrogens is 328 g/mol. The minimum absolute atomic E-state index is 0.000512. The molecular formula is C20H28N4O2. The average Bonchev–Trinajstić information content (AvgIpc) is 3.08. The summed E-state index contributed by atoms with van der Waals surface area (Å²) in [4.78, 5) is 27.7. The van der Waals surface area contributed by atoms with Crippen LogP contribution in [-0.4, -0.2) is 40.1 Å². The average molecular weight is 356 g/mol. The van der Waals surface area contributed by atoms with Gasteiger partial charge in [-0.25, -0.2) is 0 Å². The van der Waals surface area contributed by atoms with E-state index in [0.717, 1.165) is 42.7 Å². The SMILES string of the molecule is CNC(=O)C[C@@H]1CN(C(=O)C23CC4CC(CC(C4)C2)C3)Cc2ccnn21. The summed E-state index contributed by atoms with van der Waals surface area (Å²) in [7, 11) is 1.66. The Hall–Kier alpha value is -1.85. The molecule has 0 radical (unpaired) electrons. The van der Waals surface area contributed by atoms with Gasteiger partial charge in [0.15, 0.2) is 0 Å². The van der Waals surface area contributed by atoms with E-state index >= 15 is 0 Å². The van der Waals surface area contributed by atoms with Crippen molar-refractivity contribution in [2.45, 2.75) is 57.5 Å². The minimum atomic E-state index is -0.117. The van der Waals surface area contributed by atoms with Crippen LogP contribution in [0.5, 0.6) is 0 Å². The van der Waals surface area contributed by atoms with E-state index in [-0.39, 0.29) is 17.4 Å². The Morgan fingerprint density at radius 1 is 1.19 bits per heavy atom. The number of nitrogens with one attached hydrogen (secondary N) is 1. The molecule has 5 aliphatic rings. The molecule has 140 valence electrons. The monoisotopic (exact) mass is 356 g/mol. The van der Waals surface area contributed by atoms with Crippen molar-refractivity contribution in [1.82, 2.24) is 20.0 Å². The Morgan fingerprint density at radius 3 is 2.46 bits per heavy atom. The molecule has 1 aliphatic heterocycles. The summed E-state index contributed by atoms with van der Waals surface area (Å²) in [6, 6.07) is 1.92. The highest BCUT2D eigenvalue weighted by Gasteiger charge is 2.56. The number of carbonyl (C=O) groups is 2. The lowest BCUT2D eigenvalue weighted by Gasteiger charge is -2.57. The summed E-state index contributed by atoms with van der Waals surface area (Å²) in [5, 5.41) is 7.11. The number of fused-ring (bicyclic) bond motifs is 1. The Bertz CT molecular complexity index is 705. The van der Waals surface area contributed by atoms with Gasteiger partial charge in [0.2, 0.25) is 11.8 Å². The lowest BCUT2D eigenvalue weighted by Crippen LogP contribution is -2.56. The zero-order valence-electron chi connectivity index (χ0n) is 15.5. The second-order valence-electron chi connectivity index (χ2n) is 9.18. The van der Waals surface area contributed by atoms with E-state index in [1.807, 2.05) is 15.6 Å². The third kappa shape index (κ3) is 2.48. The number of carbonyl (C=O) groups excluding carboxylic acids is 2. The molecule has 4 saturated carbocycles. The van der Waals surface area contributed by atoms with Crippen molar-refractivity contribution in [2.24, 2.45) is 23.2 Å². The first kappa shape index (κ1) is 16.3. The first-order valence-corrected chi connectivity index (χ1v) is 10.1. The van der Waals surface area contributed by atoms with Gasteiger partial charge < -0.3 is 10.2 Å². The van der Waals surface area contributed by atoms with Gasteiger partial charge in [0.25, 0.3) is 0 Å². The van der Waals surface area contributed by atoms with Crippen LogP contribution in [0.1, 0.15) is 56.7 Å². The molecule has 26 heavy (non-hydrogen) atoms. The number of hydrogen-bond acceptors (Lipinski definition) is 3. The normalized spacial score (nSPS) is 37.5.